The Bertz CT molecular complexity index is 294. The average molecular weight is 353 g/mol. The van der Waals surface area contributed by atoms with Gasteiger partial charge >= 0.3 is 0 Å². The number of hydrogen-bond acceptors (Lipinski definition) is 1. The van der Waals surface area contributed by atoms with Gasteiger partial charge in [0.25, 0.3) is 0 Å². The van der Waals surface area contributed by atoms with E-state index in [4.69, 9.17) is 0 Å². The molecule has 0 aromatic heterocycles. The molecule has 0 radical (unpaired) electrons. The summed E-state index contributed by atoms with van der Waals surface area (Å²) >= 11 is 5.52. The van der Waals surface area contributed by atoms with Crippen molar-refractivity contribution in [1.29, 1.82) is 0 Å². The topological polar surface area (TPSA) is 17.1 Å². The van der Waals surface area contributed by atoms with E-state index in [1.807, 2.05) is 31.2 Å². The first-order valence-electron chi connectivity index (χ1n) is 4.09. The molecule has 0 bridgehead atoms. The lowest BCUT2D eigenvalue weighted by molar-refractivity contribution is 0.0993. The van der Waals surface area contributed by atoms with Gasteiger partial charge in [0.1, 0.15) is 0 Å². The fourth-order valence-electron chi connectivity index (χ4n) is 0.980. The SMILES string of the molecule is CCC(I)C(=O)c1ccc(Br)cc1. The van der Waals surface area contributed by atoms with Crippen LogP contribution in [0.3, 0.4) is 0 Å². The zero-order chi connectivity index (χ0) is 9.84. The highest BCUT2D eigenvalue weighted by atomic mass is 127. The number of rotatable bonds is 3. The highest BCUT2D eigenvalue weighted by Crippen LogP contribution is 2.16. The monoisotopic (exact) mass is 352 g/mol. The molecule has 0 heterocycles. The van der Waals surface area contributed by atoms with E-state index in [0.29, 0.717) is 0 Å². The molecule has 3 heteroatoms. The van der Waals surface area contributed by atoms with Crippen LogP contribution in [-0.4, -0.2) is 9.71 Å². The lowest BCUT2D eigenvalue weighted by Gasteiger charge is -2.05. The maximum absolute atomic E-state index is 11.7. The number of hydrogen-bond donors (Lipinski definition) is 0. The summed E-state index contributed by atoms with van der Waals surface area (Å²) in [6.07, 6.45) is 0.884. The Kier molecular flexibility index (Phi) is 4.38. The van der Waals surface area contributed by atoms with Crippen molar-refractivity contribution in [3.05, 3.63) is 34.3 Å². The Labute approximate surface area is 100 Å². The lowest BCUT2D eigenvalue weighted by atomic mass is 10.1. The van der Waals surface area contributed by atoms with E-state index < -0.39 is 0 Å². The number of alkyl halides is 1. The van der Waals surface area contributed by atoms with Gasteiger partial charge in [0.15, 0.2) is 5.78 Å². The van der Waals surface area contributed by atoms with Crippen LogP contribution in [0.2, 0.25) is 0 Å². The zero-order valence-corrected chi connectivity index (χ0v) is 11.0. The summed E-state index contributed by atoms with van der Waals surface area (Å²) in [6.45, 7) is 2.02. The highest BCUT2D eigenvalue weighted by Gasteiger charge is 2.13. The van der Waals surface area contributed by atoms with Gasteiger partial charge in [-0.1, -0.05) is 57.6 Å². The third kappa shape index (κ3) is 3.06. The first-order chi connectivity index (χ1) is 6.15. The van der Waals surface area contributed by atoms with Crippen LogP contribution < -0.4 is 0 Å². The minimum atomic E-state index is 0.0961. The van der Waals surface area contributed by atoms with Gasteiger partial charge in [0.2, 0.25) is 0 Å². The standard InChI is InChI=1S/C10H10BrIO/c1-2-9(12)10(13)7-3-5-8(11)6-4-7/h3-6,9H,2H2,1H3. The molecule has 0 fully saturated rings. The molecule has 1 rings (SSSR count). The van der Waals surface area contributed by atoms with Gasteiger partial charge in [-0.2, -0.15) is 0 Å². The molecule has 1 aromatic rings. The molecule has 0 N–H and O–H groups in total. The summed E-state index contributed by atoms with van der Waals surface area (Å²) in [4.78, 5) is 11.7. The summed E-state index contributed by atoms with van der Waals surface area (Å²) < 4.78 is 1.10. The number of halogens is 2. The number of benzene rings is 1. The van der Waals surface area contributed by atoms with Gasteiger partial charge in [-0.15, -0.1) is 0 Å². The molecule has 70 valence electrons. The predicted molar refractivity (Wildman–Crippen MR) is 66.6 cm³/mol. The van der Waals surface area contributed by atoms with Crippen LogP contribution in [-0.2, 0) is 0 Å². The summed E-state index contributed by atoms with van der Waals surface area (Å²) in [5.74, 6) is 0.218. The summed E-state index contributed by atoms with van der Waals surface area (Å²) in [5, 5.41) is 0. The largest absolute Gasteiger partial charge is 0.293 e. The summed E-state index contributed by atoms with van der Waals surface area (Å²) in [5.41, 5.74) is 0.796. The van der Waals surface area contributed by atoms with Crippen molar-refractivity contribution in [3.63, 3.8) is 0 Å². The van der Waals surface area contributed by atoms with Crippen LogP contribution in [0.5, 0.6) is 0 Å². The quantitative estimate of drug-likeness (QED) is 0.459. The van der Waals surface area contributed by atoms with Crippen molar-refractivity contribution in [2.24, 2.45) is 0 Å². The highest BCUT2D eigenvalue weighted by molar-refractivity contribution is 14.1. The molecule has 0 amide bonds. The summed E-state index contributed by atoms with van der Waals surface area (Å²) in [6, 6.07) is 7.50. The molecule has 0 spiro atoms. The molecule has 0 saturated carbocycles. The zero-order valence-electron chi connectivity index (χ0n) is 7.26. The second-order valence-corrected chi connectivity index (χ2v) is 5.17. The van der Waals surface area contributed by atoms with E-state index in [9.17, 15) is 4.79 Å². The second kappa shape index (κ2) is 5.10. The van der Waals surface area contributed by atoms with Crippen molar-refractivity contribution < 1.29 is 4.79 Å². The van der Waals surface area contributed by atoms with Crippen LogP contribution in [0.25, 0.3) is 0 Å². The number of carbonyl (C=O) groups is 1. The number of ketones is 1. The van der Waals surface area contributed by atoms with Gasteiger partial charge < -0.3 is 0 Å². The first-order valence-corrected chi connectivity index (χ1v) is 6.13. The van der Waals surface area contributed by atoms with Gasteiger partial charge in [-0.05, 0) is 18.6 Å². The Morgan fingerprint density at radius 3 is 2.46 bits per heavy atom. The average Bonchev–Trinajstić information content (AvgIpc) is 2.17. The molecule has 0 aliphatic heterocycles. The van der Waals surface area contributed by atoms with E-state index in [2.05, 4.69) is 38.5 Å². The molecule has 1 nitrogen and oxygen atoms in total. The van der Waals surface area contributed by atoms with Gasteiger partial charge in [-0.25, -0.2) is 0 Å². The molecule has 1 unspecified atom stereocenters. The van der Waals surface area contributed by atoms with Gasteiger partial charge in [-0.3, -0.25) is 4.79 Å². The third-order valence-electron chi connectivity index (χ3n) is 1.77. The smallest absolute Gasteiger partial charge is 0.175 e. The number of Topliss-reactive ketones (excluding diaryl/α,β-unsaturated/α-hetero) is 1. The van der Waals surface area contributed by atoms with Gasteiger partial charge in [0.05, 0.1) is 3.92 Å². The maximum Gasteiger partial charge on any atom is 0.175 e. The van der Waals surface area contributed by atoms with Crippen LogP contribution >= 0.6 is 38.5 Å². The fourth-order valence-corrected chi connectivity index (χ4v) is 1.60. The Morgan fingerprint density at radius 1 is 1.46 bits per heavy atom. The van der Waals surface area contributed by atoms with Crippen LogP contribution in [0.1, 0.15) is 23.7 Å². The van der Waals surface area contributed by atoms with Gasteiger partial charge in [0, 0.05) is 10.0 Å². The van der Waals surface area contributed by atoms with Crippen LogP contribution in [0.4, 0.5) is 0 Å². The van der Waals surface area contributed by atoms with E-state index in [1.165, 1.54) is 0 Å². The lowest BCUT2D eigenvalue weighted by Crippen LogP contribution is -2.12. The first kappa shape index (κ1) is 11.2. The Morgan fingerprint density at radius 2 is 2.00 bits per heavy atom. The van der Waals surface area contributed by atoms with Crippen LogP contribution in [0, 0.1) is 0 Å². The third-order valence-corrected chi connectivity index (χ3v) is 3.75. The molecule has 0 saturated heterocycles. The van der Waals surface area contributed by atoms with E-state index in [1.54, 1.807) is 0 Å². The molecular formula is C10H10BrIO. The van der Waals surface area contributed by atoms with Crippen molar-refractivity contribution >= 4 is 44.3 Å². The van der Waals surface area contributed by atoms with Crippen molar-refractivity contribution in [1.82, 2.24) is 0 Å². The maximum atomic E-state index is 11.7. The number of carbonyl (C=O) groups excluding carboxylic acids is 1. The minimum Gasteiger partial charge on any atom is -0.293 e. The Balaban J connectivity index is 2.83. The van der Waals surface area contributed by atoms with Crippen molar-refractivity contribution in [3.8, 4) is 0 Å². The van der Waals surface area contributed by atoms with Crippen LogP contribution in [0.15, 0.2) is 28.7 Å². The normalized spacial score (nSPS) is 12.5. The molecular weight excluding hydrogens is 343 g/mol. The Hall–Kier alpha value is 0.1000. The predicted octanol–water partition coefficient (Wildman–Crippen LogP) is 3.85. The van der Waals surface area contributed by atoms with Crippen molar-refractivity contribution in [2.45, 2.75) is 17.3 Å². The second-order valence-electron chi connectivity index (χ2n) is 2.75. The molecule has 0 aliphatic carbocycles. The van der Waals surface area contributed by atoms with E-state index in [0.717, 1.165) is 16.5 Å². The minimum absolute atomic E-state index is 0.0961. The molecule has 1 aromatic carbocycles. The molecule has 1 atom stereocenters. The fraction of sp³-hybridized carbons (Fsp3) is 0.300. The summed E-state index contributed by atoms with van der Waals surface area (Å²) in [7, 11) is 0. The van der Waals surface area contributed by atoms with E-state index in [-0.39, 0.29) is 9.71 Å². The molecule has 0 aliphatic rings. The van der Waals surface area contributed by atoms with Crippen molar-refractivity contribution in [2.75, 3.05) is 0 Å². The van der Waals surface area contributed by atoms with E-state index >= 15 is 0 Å². The molecule has 13 heavy (non-hydrogen) atoms.